The maximum atomic E-state index is 7.15. The number of rotatable bonds is 24. The molecule has 0 saturated heterocycles. The highest BCUT2D eigenvalue weighted by Gasteiger charge is 2.39. The summed E-state index contributed by atoms with van der Waals surface area (Å²) in [6.45, 7) is 31.2. The zero-order valence-electron chi connectivity index (χ0n) is 27.7. The van der Waals surface area contributed by atoms with E-state index in [1.165, 1.54) is 12.1 Å². The summed E-state index contributed by atoms with van der Waals surface area (Å²) in [5.74, 6) is 1.23. The number of halogens is 2. The van der Waals surface area contributed by atoms with E-state index in [1.807, 2.05) is 0 Å². The maximum absolute atomic E-state index is 7.15. The van der Waals surface area contributed by atoms with E-state index in [0.717, 1.165) is 87.8 Å². The van der Waals surface area contributed by atoms with Crippen LogP contribution in [0.4, 0.5) is 0 Å². The summed E-state index contributed by atoms with van der Waals surface area (Å²) in [5.41, 5.74) is 0. The highest BCUT2D eigenvalue weighted by molar-refractivity contribution is 6.84. The lowest BCUT2D eigenvalue weighted by molar-refractivity contribution is -0.929. The molecule has 240 valence electrons. The van der Waals surface area contributed by atoms with Crippen molar-refractivity contribution in [2.75, 3.05) is 107 Å². The molecule has 2 atom stereocenters. The fourth-order valence-corrected chi connectivity index (χ4v) is 16.8. The van der Waals surface area contributed by atoms with Crippen molar-refractivity contribution in [1.29, 1.82) is 0 Å². The summed E-state index contributed by atoms with van der Waals surface area (Å²) >= 11 is 0. The van der Waals surface area contributed by atoms with Crippen LogP contribution >= 0.6 is 0 Å². The lowest BCUT2D eigenvalue weighted by Crippen LogP contribution is -3.00. The second-order valence-electron chi connectivity index (χ2n) is 12.8. The standard InChI is InChI=1S/C28H66N2O5Si2.2BrH/c1-13-29(15-19-31-5,16-20-32-6)23-27(3)25-36(9,10)35-37(11,12)26-28(4)24-30(14-2,17-21-33-7)18-22-34-8;;/h27-28H,13-26H2,1-12H3;2*1H/q+2;;/p-2. The molecule has 0 aliphatic rings. The lowest BCUT2D eigenvalue weighted by atomic mass is 10.1. The Morgan fingerprint density at radius 3 is 1.00 bits per heavy atom. The molecule has 2 unspecified atom stereocenters. The first-order chi connectivity index (χ1) is 17.3. The molecule has 0 aliphatic carbocycles. The molecule has 0 spiro atoms. The Kier molecular flexibility index (Phi) is 25.8. The van der Waals surface area contributed by atoms with Gasteiger partial charge in [0, 0.05) is 40.3 Å². The molecule has 0 aromatic heterocycles. The third kappa shape index (κ3) is 19.1. The molecule has 0 fully saturated rings. The topological polar surface area (TPSA) is 46.2 Å². The van der Waals surface area contributed by atoms with Crippen molar-refractivity contribution < 1.29 is 66.0 Å². The van der Waals surface area contributed by atoms with Crippen molar-refractivity contribution in [3.8, 4) is 0 Å². The predicted octanol–water partition coefficient (Wildman–Crippen LogP) is -1.05. The van der Waals surface area contributed by atoms with Gasteiger partial charge in [0.15, 0.2) is 16.6 Å². The Hall–Kier alpha value is 1.11. The smallest absolute Gasteiger partial charge is 0.173 e. The molecule has 0 radical (unpaired) electrons. The molecule has 0 aromatic rings. The molecule has 7 nitrogen and oxygen atoms in total. The molecule has 0 aromatic carbocycles. The van der Waals surface area contributed by atoms with Crippen molar-refractivity contribution in [2.45, 2.75) is 66.0 Å². The van der Waals surface area contributed by atoms with Crippen LogP contribution in [0.3, 0.4) is 0 Å². The molecule has 11 heteroatoms. The molecule has 0 amide bonds. The molecule has 0 bridgehead atoms. The average molecular weight is 727 g/mol. The maximum Gasteiger partial charge on any atom is 0.173 e. The van der Waals surface area contributed by atoms with Gasteiger partial charge >= 0.3 is 0 Å². The Bertz CT molecular complexity index is 528. The van der Waals surface area contributed by atoms with Crippen molar-refractivity contribution >= 4 is 16.6 Å². The van der Waals surface area contributed by atoms with Crippen LogP contribution in [0.1, 0.15) is 27.7 Å². The third-order valence-corrected chi connectivity index (χ3v) is 15.8. The predicted molar refractivity (Wildman–Crippen MR) is 162 cm³/mol. The van der Waals surface area contributed by atoms with Gasteiger partial charge < -0.3 is 66.0 Å². The quantitative estimate of drug-likeness (QED) is 0.0941. The first kappa shape index (κ1) is 44.6. The summed E-state index contributed by atoms with van der Waals surface area (Å²) < 4.78 is 31.1. The van der Waals surface area contributed by atoms with Gasteiger partial charge in [0.25, 0.3) is 0 Å². The van der Waals surface area contributed by atoms with E-state index in [2.05, 4.69) is 53.9 Å². The van der Waals surface area contributed by atoms with Gasteiger partial charge in [0.1, 0.15) is 26.2 Å². The van der Waals surface area contributed by atoms with Crippen molar-refractivity contribution in [2.24, 2.45) is 11.8 Å². The molecule has 0 aliphatic heterocycles. The monoisotopic (exact) mass is 724 g/mol. The van der Waals surface area contributed by atoms with Gasteiger partial charge in [0.05, 0.1) is 52.6 Å². The summed E-state index contributed by atoms with van der Waals surface area (Å²) in [5, 5.41) is 0. The minimum atomic E-state index is -1.81. The van der Waals surface area contributed by atoms with Crippen LogP contribution in [0.25, 0.3) is 0 Å². The Morgan fingerprint density at radius 1 is 0.538 bits per heavy atom. The molecule has 0 N–H and O–H groups in total. The minimum absolute atomic E-state index is 0. The van der Waals surface area contributed by atoms with Gasteiger partial charge in [-0.25, -0.2) is 0 Å². The second-order valence-corrected chi connectivity index (χ2v) is 21.5. The SMILES string of the molecule is CC[N+](CCOC)(CCOC)CC(C)C[Si](C)(C)O[Si](C)(C)CC(C)C[N+](CC)(CCOC)CCOC.[Br-].[Br-]. The number of hydrogen-bond acceptors (Lipinski definition) is 5. The Morgan fingerprint density at radius 2 is 0.795 bits per heavy atom. The van der Waals surface area contributed by atoms with Crippen LogP contribution in [0.15, 0.2) is 0 Å². The Balaban J connectivity index is -0.00000648. The number of methoxy groups -OCH3 is 4. The molecular weight excluding hydrogens is 660 g/mol. The number of quaternary nitrogens is 2. The first-order valence-corrected chi connectivity index (χ1v) is 20.9. The number of hydrogen-bond donors (Lipinski definition) is 0. The highest BCUT2D eigenvalue weighted by atomic mass is 79.9. The van der Waals surface area contributed by atoms with Crippen LogP contribution in [-0.2, 0) is 23.1 Å². The molecule has 0 heterocycles. The van der Waals surface area contributed by atoms with E-state index >= 15 is 0 Å². The van der Waals surface area contributed by atoms with Gasteiger partial charge in [-0.1, -0.05) is 13.8 Å². The van der Waals surface area contributed by atoms with E-state index in [0.29, 0.717) is 11.8 Å². The normalized spacial score (nSPS) is 14.5. The molecule has 0 saturated carbocycles. The molecule has 0 rings (SSSR count). The number of nitrogens with zero attached hydrogens (tertiary/aromatic N) is 2. The lowest BCUT2D eigenvalue weighted by Gasteiger charge is -2.43. The Labute approximate surface area is 266 Å². The van der Waals surface area contributed by atoms with Gasteiger partial charge in [-0.05, 0) is 52.1 Å². The summed E-state index contributed by atoms with van der Waals surface area (Å²) in [4.78, 5) is 0. The van der Waals surface area contributed by atoms with Crippen LogP contribution in [-0.4, -0.2) is 133 Å². The van der Waals surface area contributed by atoms with Crippen molar-refractivity contribution in [3.05, 3.63) is 0 Å². The first-order valence-electron chi connectivity index (χ1n) is 14.6. The van der Waals surface area contributed by atoms with Crippen LogP contribution < -0.4 is 34.0 Å². The van der Waals surface area contributed by atoms with Crippen LogP contribution in [0, 0.1) is 11.8 Å². The van der Waals surface area contributed by atoms with E-state index < -0.39 is 16.6 Å². The summed E-state index contributed by atoms with van der Waals surface area (Å²) in [6, 6.07) is 2.41. The average Bonchev–Trinajstić information content (AvgIpc) is 2.81. The fourth-order valence-electron chi connectivity index (χ4n) is 6.58. The van der Waals surface area contributed by atoms with E-state index in [4.69, 9.17) is 23.1 Å². The van der Waals surface area contributed by atoms with Gasteiger partial charge in [-0.2, -0.15) is 0 Å². The third-order valence-electron chi connectivity index (χ3n) is 8.05. The summed E-state index contributed by atoms with van der Waals surface area (Å²) in [7, 11) is 3.61. The second kappa shape index (κ2) is 22.6. The van der Waals surface area contributed by atoms with Crippen LogP contribution in [0.2, 0.25) is 38.3 Å². The number of likely N-dealkylation sites (N-methyl/N-ethyl adjacent to an activating group) is 2. The molecular formula is C28H66Br2N2O5Si2. The zero-order chi connectivity index (χ0) is 28.6. The van der Waals surface area contributed by atoms with Crippen molar-refractivity contribution in [3.63, 3.8) is 0 Å². The van der Waals surface area contributed by atoms with Crippen LogP contribution in [0.5, 0.6) is 0 Å². The van der Waals surface area contributed by atoms with E-state index in [1.54, 1.807) is 28.4 Å². The minimum Gasteiger partial charge on any atom is -1.00 e. The van der Waals surface area contributed by atoms with E-state index in [9.17, 15) is 0 Å². The van der Waals surface area contributed by atoms with Gasteiger partial charge in [-0.15, -0.1) is 0 Å². The fraction of sp³-hybridized carbons (Fsp3) is 1.00. The van der Waals surface area contributed by atoms with E-state index in [-0.39, 0.29) is 34.0 Å². The summed E-state index contributed by atoms with van der Waals surface area (Å²) in [6.07, 6.45) is 0. The van der Waals surface area contributed by atoms with Crippen molar-refractivity contribution in [1.82, 2.24) is 0 Å². The highest BCUT2D eigenvalue weighted by Crippen LogP contribution is 2.29. The number of ether oxygens (including phenoxy) is 4. The van der Waals surface area contributed by atoms with Gasteiger partial charge in [0.2, 0.25) is 0 Å². The van der Waals surface area contributed by atoms with Gasteiger partial charge in [-0.3, -0.25) is 0 Å². The zero-order valence-corrected chi connectivity index (χ0v) is 32.9. The molecule has 39 heavy (non-hydrogen) atoms. The largest absolute Gasteiger partial charge is 1.00 e.